The molecule has 1 unspecified atom stereocenters. The highest BCUT2D eigenvalue weighted by atomic mass is 35.5. The van der Waals surface area contributed by atoms with Crippen molar-refractivity contribution < 1.29 is 9.90 Å². The van der Waals surface area contributed by atoms with Crippen LogP contribution < -0.4 is 0 Å². The van der Waals surface area contributed by atoms with Crippen LogP contribution in [0.4, 0.5) is 0 Å². The molecule has 2 aromatic rings. The number of carbonyl (C=O) groups excluding carboxylic acids is 1. The van der Waals surface area contributed by atoms with E-state index in [9.17, 15) is 9.90 Å². The van der Waals surface area contributed by atoms with Crippen molar-refractivity contribution in [2.24, 2.45) is 0 Å². The number of hydrogen-bond donors (Lipinski definition) is 1. The Hall–Kier alpha value is -1.84. The van der Waals surface area contributed by atoms with Crippen molar-refractivity contribution in [2.75, 3.05) is 13.1 Å². The van der Waals surface area contributed by atoms with Gasteiger partial charge in [-0.05, 0) is 67.3 Å². The lowest BCUT2D eigenvalue weighted by Gasteiger charge is -2.32. The zero-order valence-corrected chi connectivity index (χ0v) is 16.7. The Labute approximate surface area is 167 Å². The van der Waals surface area contributed by atoms with Crippen LogP contribution in [0.1, 0.15) is 61.3 Å². The van der Waals surface area contributed by atoms with E-state index in [-0.39, 0.29) is 5.91 Å². The topological polar surface area (TPSA) is 40.5 Å². The quantitative estimate of drug-likeness (QED) is 0.749. The van der Waals surface area contributed by atoms with Crippen LogP contribution in [0, 0.1) is 0 Å². The fourth-order valence-corrected chi connectivity index (χ4v) is 3.89. The first-order valence-electron chi connectivity index (χ1n) is 9.83. The fraction of sp³-hybridized carbons (Fsp3) is 0.435. The van der Waals surface area contributed by atoms with Gasteiger partial charge in [0.05, 0.1) is 6.10 Å². The molecule has 1 atom stereocenters. The lowest BCUT2D eigenvalue weighted by Crippen LogP contribution is -2.37. The SMILES string of the molecule is CC(O)c1ccc(CCCC(=O)N2CCC(c3ccc(Cl)cc3)CC2)cc1. The number of carbonyl (C=O) groups is 1. The molecule has 3 rings (SSSR count). The maximum atomic E-state index is 12.5. The van der Waals surface area contributed by atoms with Crippen LogP contribution in [0.5, 0.6) is 0 Å². The highest BCUT2D eigenvalue weighted by Crippen LogP contribution is 2.29. The van der Waals surface area contributed by atoms with E-state index in [1.54, 1.807) is 6.92 Å². The van der Waals surface area contributed by atoms with Crippen LogP contribution in [0.25, 0.3) is 0 Å². The fourth-order valence-electron chi connectivity index (χ4n) is 3.76. The Morgan fingerprint density at radius 2 is 1.74 bits per heavy atom. The molecule has 2 aromatic carbocycles. The summed E-state index contributed by atoms with van der Waals surface area (Å²) >= 11 is 5.97. The molecule has 0 aliphatic carbocycles. The molecule has 4 heteroatoms. The van der Waals surface area contributed by atoms with E-state index in [1.165, 1.54) is 11.1 Å². The summed E-state index contributed by atoms with van der Waals surface area (Å²) in [6.45, 7) is 3.45. The first kappa shape index (κ1) is 19.9. The van der Waals surface area contributed by atoms with E-state index in [4.69, 9.17) is 11.6 Å². The number of piperidine rings is 1. The number of aliphatic hydroxyl groups is 1. The van der Waals surface area contributed by atoms with Crippen LogP contribution in [0.2, 0.25) is 5.02 Å². The summed E-state index contributed by atoms with van der Waals surface area (Å²) in [6, 6.07) is 16.1. The molecule has 27 heavy (non-hydrogen) atoms. The summed E-state index contributed by atoms with van der Waals surface area (Å²) in [5, 5.41) is 10.3. The van der Waals surface area contributed by atoms with E-state index < -0.39 is 6.10 Å². The molecule has 1 N–H and O–H groups in total. The average Bonchev–Trinajstić information content (AvgIpc) is 2.69. The zero-order chi connectivity index (χ0) is 19.2. The smallest absolute Gasteiger partial charge is 0.222 e. The van der Waals surface area contributed by atoms with Crippen molar-refractivity contribution in [3.8, 4) is 0 Å². The van der Waals surface area contributed by atoms with Crippen LogP contribution in [0.3, 0.4) is 0 Å². The summed E-state index contributed by atoms with van der Waals surface area (Å²) in [6.07, 6.45) is 3.97. The maximum Gasteiger partial charge on any atom is 0.222 e. The second-order valence-electron chi connectivity index (χ2n) is 7.48. The Bertz CT molecular complexity index is 732. The van der Waals surface area contributed by atoms with Crippen LogP contribution >= 0.6 is 11.6 Å². The van der Waals surface area contributed by atoms with Crippen molar-refractivity contribution in [3.63, 3.8) is 0 Å². The van der Waals surface area contributed by atoms with Crippen LogP contribution in [-0.2, 0) is 11.2 Å². The molecule has 0 radical (unpaired) electrons. The van der Waals surface area contributed by atoms with E-state index in [1.807, 2.05) is 41.3 Å². The first-order chi connectivity index (χ1) is 13.0. The van der Waals surface area contributed by atoms with Gasteiger partial charge in [0.2, 0.25) is 5.91 Å². The van der Waals surface area contributed by atoms with Crippen molar-refractivity contribution in [3.05, 3.63) is 70.2 Å². The number of halogens is 1. The first-order valence-corrected chi connectivity index (χ1v) is 10.2. The molecular formula is C23H28ClNO2. The van der Waals surface area contributed by atoms with Gasteiger partial charge < -0.3 is 10.0 Å². The molecule has 1 saturated heterocycles. The summed E-state index contributed by atoms with van der Waals surface area (Å²) in [7, 11) is 0. The summed E-state index contributed by atoms with van der Waals surface area (Å²) in [5.41, 5.74) is 3.47. The molecule has 0 saturated carbocycles. The molecular weight excluding hydrogens is 358 g/mol. The van der Waals surface area contributed by atoms with Gasteiger partial charge in [0.25, 0.3) is 0 Å². The molecule has 144 valence electrons. The van der Waals surface area contributed by atoms with Gasteiger partial charge in [-0.2, -0.15) is 0 Å². The number of rotatable bonds is 6. The zero-order valence-electron chi connectivity index (χ0n) is 15.9. The Balaban J connectivity index is 1.41. The maximum absolute atomic E-state index is 12.5. The van der Waals surface area contributed by atoms with Gasteiger partial charge in [-0.1, -0.05) is 48.0 Å². The third-order valence-corrected chi connectivity index (χ3v) is 5.76. The van der Waals surface area contributed by atoms with Crippen molar-refractivity contribution >= 4 is 17.5 Å². The van der Waals surface area contributed by atoms with Gasteiger partial charge >= 0.3 is 0 Å². The molecule has 1 aliphatic heterocycles. The third kappa shape index (κ3) is 5.57. The highest BCUT2D eigenvalue weighted by Gasteiger charge is 2.23. The molecule has 1 heterocycles. The van der Waals surface area contributed by atoms with E-state index >= 15 is 0 Å². The van der Waals surface area contributed by atoms with E-state index in [0.717, 1.165) is 49.4 Å². The predicted molar refractivity (Wildman–Crippen MR) is 110 cm³/mol. The second kappa shape index (κ2) is 9.38. The average molecular weight is 386 g/mol. The predicted octanol–water partition coefficient (Wildman–Crippen LogP) is 5.12. The monoisotopic (exact) mass is 385 g/mol. The number of likely N-dealkylation sites (tertiary alicyclic amines) is 1. The molecule has 1 fully saturated rings. The van der Waals surface area contributed by atoms with Crippen LogP contribution in [0.15, 0.2) is 48.5 Å². The van der Waals surface area contributed by atoms with E-state index in [2.05, 4.69) is 12.1 Å². The summed E-state index contributed by atoms with van der Waals surface area (Å²) in [4.78, 5) is 14.5. The van der Waals surface area contributed by atoms with Gasteiger partial charge in [0, 0.05) is 24.5 Å². The minimum Gasteiger partial charge on any atom is -0.389 e. The van der Waals surface area contributed by atoms with E-state index in [0.29, 0.717) is 12.3 Å². The van der Waals surface area contributed by atoms with Gasteiger partial charge in [-0.25, -0.2) is 0 Å². The minimum absolute atomic E-state index is 0.269. The number of nitrogens with zero attached hydrogens (tertiary/aromatic N) is 1. The normalized spacial score (nSPS) is 16.3. The molecule has 0 aromatic heterocycles. The lowest BCUT2D eigenvalue weighted by molar-refractivity contribution is -0.132. The van der Waals surface area contributed by atoms with Gasteiger partial charge in [-0.15, -0.1) is 0 Å². The molecule has 3 nitrogen and oxygen atoms in total. The molecule has 1 aliphatic rings. The molecule has 1 amide bonds. The Kier molecular flexibility index (Phi) is 6.92. The molecule has 0 bridgehead atoms. The van der Waals surface area contributed by atoms with Crippen LogP contribution in [-0.4, -0.2) is 29.0 Å². The minimum atomic E-state index is -0.434. The number of aliphatic hydroxyl groups excluding tert-OH is 1. The lowest BCUT2D eigenvalue weighted by atomic mass is 9.89. The number of hydrogen-bond acceptors (Lipinski definition) is 2. The standard InChI is InChI=1S/C23H28ClNO2/c1-17(26)19-7-5-18(6-8-19)3-2-4-23(27)25-15-13-21(14-16-25)20-9-11-22(24)12-10-20/h5-12,17,21,26H,2-4,13-16H2,1H3. The van der Waals surface area contributed by atoms with Crippen molar-refractivity contribution in [1.82, 2.24) is 4.90 Å². The summed E-state index contributed by atoms with van der Waals surface area (Å²) in [5.74, 6) is 0.795. The Morgan fingerprint density at radius 1 is 1.11 bits per heavy atom. The number of amides is 1. The van der Waals surface area contributed by atoms with Crippen molar-refractivity contribution in [1.29, 1.82) is 0 Å². The highest BCUT2D eigenvalue weighted by molar-refractivity contribution is 6.30. The van der Waals surface area contributed by atoms with Crippen molar-refractivity contribution in [2.45, 2.75) is 51.0 Å². The van der Waals surface area contributed by atoms with Gasteiger partial charge in [0.15, 0.2) is 0 Å². The summed E-state index contributed by atoms with van der Waals surface area (Å²) < 4.78 is 0. The Morgan fingerprint density at radius 3 is 2.33 bits per heavy atom. The molecule has 0 spiro atoms. The third-order valence-electron chi connectivity index (χ3n) is 5.51. The van der Waals surface area contributed by atoms with Gasteiger partial charge in [-0.3, -0.25) is 4.79 Å². The largest absolute Gasteiger partial charge is 0.389 e. The number of benzene rings is 2. The van der Waals surface area contributed by atoms with Gasteiger partial charge in [0.1, 0.15) is 0 Å². The second-order valence-corrected chi connectivity index (χ2v) is 7.91. The number of aryl methyl sites for hydroxylation is 1.